The Bertz CT molecular complexity index is 3050. The van der Waals surface area contributed by atoms with E-state index in [1.54, 1.807) is 61.7 Å². The molecule has 0 aromatic heterocycles. The molecule has 291 valence electrons. The van der Waals surface area contributed by atoms with Gasteiger partial charge in [0.1, 0.15) is 21.6 Å². The maximum atomic E-state index is 12.4. The molecule has 0 aliphatic rings. The summed E-state index contributed by atoms with van der Waals surface area (Å²) in [6, 6.07) is 39.0. The van der Waals surface area contributed by atoms with Crippen molar-refractivity contribution in [2.24, 2.45) is 30.7 Å². The summed E-state index contributed by atoms with van der Waals surface area (Å²) in [5.74, 6) is -1.15. The molecule has 8 rings (SSSR count). The van der Waals surface area contributed by atoms with Gasteiger partial charge in [-0.3, -0.25) is 0 Å². The Kier molecular flexibility index (Phi) is 12.6. The van der Waals surface area contributed by atoms with E-state index in [4.69, 9.17) is 4.74 Å². The third kappa shape index (κ3) is 9.17. The molecular formula is C43H27CrN6O8S-2. The zero-order valence-corrected chi connectivity index (χ0v) is 32.7. The molecule has 0 atom stereocenters. The number of para-hydroxylation sites is 1. The molecule has 0 heterocycles. The molecule has 0 N–H and O–H groups in total. The molecule has 0 saturated carbocycles. The molecule has 14 nitrogen and oxygen atoms in total. The first-order valence-electron chi connectivity index (χ1n) is 17.3. The first-order chi connectivity index (χ1) is 28.0. The normalized spacial score (nSPS) is 11.6. The largest absolute Gasteiger partial charge is 3.00 e. The van der Waals surface area contributed by atoms with Crippen molar-refractivity contribution in [3.8, 4) is 28.7 Å². The fraction of sp³-hybridized carbons (Fsp3) is 0.0233. The summed E-state index contributed by atoms with van der Waals surface area (Å²) in [4.78, 5) is -0.610. The minimum Gasteiger partial charge on any atom is -0.871 e. The molecule has 0 saturated heterocycles. The Morgan fingerprint density at radius 2 is 0.932 bits per heavy atom. The minimum absolute atomic E-state index is 0. The van der Waals surface area contributed by atoms with Crippen molar-refractivity contribution in [2.75, 3.05) is 7.11 Å². The van der Waals surface area contributed by atoms with Gasteiger partial charge in [0.05, 0.1) is 40.4 Å². The van der Waals surface area contributed by atoms with Crippen molar-refractivity contribution >= 4 is 76.6 Å². The minimum atomic E-state index is -4.84. The monoisotopic (exact) mass is 839 g/mol. The van der Waals surface area contributed by atoms with Crippen LogP contribution in [0.1, 0.15) is 0 Å². The van der Waals surface area contributed by atoms with Gasteiger partial charge in [0, 0.05) is 21.5 Å². The first-order valence-corrected chi connectivity index (χ1v) is 18.7. The zero-order valence-electron chi connectivity index (χ0n) is 30.6. The van der Waals surface area contributed by atoms with Crippen molar-refractivity contribution in [1.82, 2.24) is 0 Å². The number of hydrogen-bond acceptors (Lipinski definition) is 14. The third-order valence-electron chi connectivity index (χ3n) is 8.75. The summed E-state index contributed by atoms with van der Waals surface area (Å²) in [6.45, 7) is 0. The molecule has 0 unspecified atom stereocenters. The number of hydrogen-bond donors (Lipinski definition) is 0. The summed E-state index contributed by atoms with van der Waals surface area (Å²) in [5.41, 5.74) is 1.17. The van der Waals surface area contributed by atoms with E-state index in [0.29, 0.717) is 27.9 Å². The number of ether oxygens (including phenoxy) is 1. The summed E-state index contributed by atoms with van der Waals surface area (Å²) < 4.78 is 39.7. The smallest absolute Gasteiger partial charge is 0.871 e. The van der Waals surface area contributed by atoms with E-state index >= 15 is 0 Å². The van der Waals surface area contributed by atoms with E-state index in [1.807, 2.05) is 42.5 Å². The van der Waals surface area contributed by atoms with Crippen LogP contribution >= 0.6 is 0 Å². The quantitative estimate of drug-likeness (QED) is 0.105. The number of fused-ring (bicyclic) bond motifs is 3. The number of methoxy groups -OCH3 is 1. The van der Waals surface area contributed by atoms with E-state index < -0.39 is 20.8 Å². The van der Waals surface area contributed by atoms with Gasteiger partial charge >= 0.3 is 17.4 Å². The van der Waals surface area contributed by atoms with E-state index in [0.717, 1.165) is 16.8 Å². The van der Waals surface area contributed by atoms with E-state index in [9.17, 15) is 33.4 Å². The van der Waals surface area contributed by atoms with Crippen LogP contribution in [0, 0.1) is 0 Å². The molecule has 0 fully saturated rings. The van der Waals surface area contributed by atoms with E-state index in [1.165, 1.54) is 42.5 Å². The van der Waals surface area contributed by atoms with Gasteiger partial charge in [0.15, 0.2) is 0 Å². The molecule has 0 spiro atoms. The molecular weight excluding hydrogens is 813 g/mol. The second-order valence-electron chi connectivity index (χ2n) is 12.4. The Balaban J connectivity index is 0.000000195. The SMILES string of the molecule is COc1ccccc1N=Nc1ccc([O-])c(N=Nc2c([O-])ccc3ccccc23)c1.O=S(=O)([O-])c1cc([O-])c(N=Nc2c([O-])ccc3ccccc23)c2ccccc12.[Cr+3]. The Labute approximate surface area is 347 Å². The van der Waals surface area contributed by atoms with Gasteiger partial charge in [-0.1, -0.05) is 138 Å². The molecule has 0 aliphatic carbocycles. The molecule has 0 bridgehead atoms. The number of azo groups is 3. The number of nitrogens with zero attached hydrogens (tertiary/aromatic N) is 6. The van der Waals surface area contributed by atoms with Crippen LogP contribution in [0.2, 0.25) is 0 Å². The third-order valence-corrected chi connectivity index (χ3v) is 9.62. The molecule has 8 aromatic carbocycles. The van der Waals surface area contributed by atoms with Crippen molar-refractivity contribution in [2.45, 2.75) is 4.90 Å². The van der Waals surface area contributed by atoms with Crippen LogP contribution < -0.4 is 25.2 Å². The van der Waals surface area contributed by atoms with Gasteiger partial charge in [0.2, 0.25) is 0 Å². The summed E-state index contributed by atoms with van der Waals surface area (Å²) in [6.07, 6.45) is 0. The molecule has 1 radical (unpaired) electrons. The maximum absolute atomic E-state index is 12.4. The summed E-state index contributed by atoms with van der Waals surface area (Å²) >= 11 is 0. The number of benzene rings is 8. The van der Waals surface area contributed by atoms with Gasteiger partial charge in [0.25, 0.3) is 0 Å². The van der Waals surface area contributed by atoms with Gasteiger partial charge in [-0.25, -0.2) is 8.42 Å². The average molecular weight is 840 g/mol. The van der Waals surface area contributed by atoms with Gasteiger partial charge < -0.3 is 29.7 Å². The van der Waals surface area contributed by atoms with Crippen LogP contribution in [-0.4, -0.2) is 20.1 Å². The molecule has 8 aromatic rings. The predicted octanol–water partition coefficient (Wildman–Crippen LogP) is 9.28. The van der Waals surface area contributed by atoms with E-state index in [-0.39, 0.29) is 68.1 Å². The molecule has 0 aliphatic heterocycles. The van der Waals surface area contributed by atoms with Crippen LogP contribution in [0.15, 0.2) is 181 Å². The van der Waals surface area contributed by atoms with Crippen molar-refractivity contribution in [1.29, 1.82) is 0 Å². The van der Waals surface area contributed by atoms with Gasteiger partial charge in [-0.2, -0.15) is 25.6 Å². The maximum Gasteiger partial charge on any atom is 3.00 e. The Morgan fingerprint density at radius 3 is 1.53 bits per heavy atom. The van der Waals surface area contributed by atoms with E-state index in [2.05, 4.69) is 30.7 Å². The standard InChI is InChI=1S/C23H18N4O3.C20H14N2O5S.Cr/c1-30-22-9-5-4-8-18(22)25-24-16-11-13-20(28)19(14-16)26-27-23-17-7-3-2-6-15(17)10-12-21(23)29;23-16-10-9-12-5-1-2-6-13(12)19(16)21-22-20-15-8-4-3-7-14(15)18(11-17(20)24)28(25,26)27;/h2-14,28-29H,1H3;1-11,23-24H,(H,25,26,27);/q;;+3/p-5. The fourth-order valence-corrected chi connectivity index (χ4v) is 6.66. The first kappa shape index (κ1) is 41.4. The van der Waals surface area contributed by atoms with Crippen molar-refractivity contribution in [3.05, 3.63) is 146 Å². The fourth-order valence-electron chi connectivity index (χ4n) is 5.96. The molecule has 0 amide bonds. The second kappa shape index (κ2) is 17.9. The van der Waals surface area contributed by atoms with Crippen molar-refractivity contribution < 1.29 is 55.5 Å². The number of rotatable bonds is 8. The Morgan fingerprint density at radius 1 is 0.458 bits per heavy atom. The van der Waals surface area contributed by atoms with Gasteiger partial charge in [-0.05, 0) is 41.1 Å². The van der Waals surface area contributed by atoms with Gasteiger partial charge in [-0.15, -0.1) is 5.11 Å². The predicted molar refractivity (Wildman–Crippen MR) is 210 cm³/mol. The van der Waals surface area contributed by atoms with Crippen LogP contribution in [0.4, 0.5) is 34.1 Å². The van der Waals surface area contributed by atoms with Crippen LogP contribution in [0.5, 0.6) is 28.7 Å². The molecule has 59 heavy (non-hydrogen) atoms. The average Bonchev–Trinajstić information content (AvgIpc) is 3.23. The summed E-state index contributed by atoms with van der Waals surface area (Å²) in [7, 11) is -3.29. The zero-order chi connectivity index (χ0) is 40.8. The van der Waals surface area contributed by atoms with Crippen molar-refractivity contribution in [3.63, 3.8) is 0 Å². The van der Waals surface area contributed by atoms with Crippen LogP contribution in [0.3, 0.4) is 0 Å². The second-order valence-corrected chi connectivity index (χ2v) is 13.8. The van der Waals surface area contributed by atoms with Crippen LogP contribution in [-0.2, 0) is 27.5 Å². The van der Waals surface area contributed by atoms with Crippen LogP contribution in [0.25, 0.3) is 32.3 Å². The Hall–Kier alpha value is -7.22. The molecule has 16 heteroatoms. The topological polar surface area (TPSA) is 233 Å². The summed E-state index contributed by atoms with van der Waals surface area (Å²) in [5, 5.41) is 76.6.